The van der Waals surface area contributed by atoms with Crippen molar-refractivity contribution >= 4 is 16.8 Å². The second-order valence-electron chi connectivity index (χ2n) is 15.2. The van der Waals surface area contributed by atoms with Gasteiger partial charge in [-0.05, 0) is 147 Å². The fraction of sp³-hybridized carbons (Fsp3) is 0.312. The second-order valence-corrected chi connectivity index (χ2v) is 15.2. The Hall–Kier alpha value is -4.86. The standard InChI is InChI=1S/C48H54O4/c1-10-12-13-16-36-30-40-17-14-15-18-45(40)48(34-36,41-22-19-37(35(3)29-41)32-43(11-2)49-25-27-51-46(4,5)6)42-23-20-39-33-44(24-21-38(39)31-42)50-26-28-52-47(7,8)9/h10-12,14-24,29,31-34H,1-2,25-28,30H2,3-9H3/b43-32+. The van der Waals surface area contributed by atoms with Gasteiger partial charge in [0.15, 0.2) is 0 Å². The molecular formula is C48H54O4. The molecule has 0 aliphatic heterocycles. The summed E-state index contributed by atoms with van der Waals surface area (Å²) >= 11 is 0. The van der Waals surface area contributed by atoms with E-state index in [1.54, 1.807) is 12.2 Å². The van der Waals surface area contributed by atoms with E-state index in [1.165, 1.54) is 27.8 Å². The molecule has 1 unspecified atom stereocenters. The van der Waals surface area contributed by atoms with E-state index in [0.717, 1.165) is 34.1 Å². The van der Waals surface area contributed by atoms with Crippen molar-refractivity contribution < 1.29 is 18.9 Å². The highest BCUT2D eigenvalue weighted by molar-refractivity contribution is 5.85. The zero-order valence-corrected chi connectivity index (χ0v) is 32.1. The summed E-state index contributed by atoms with van der Waals surface area (Å²) in [5.41, 5.74) is 10.7. The van der Waals surface area contributed by atoms with Crippen molar-refractivity contribution in [3.63, 3.8) is 0 Å². The molecule has 4 aromatic carbocycles. The van der Waals surface area contributed by atoms with E-state index in [2.05, 4.69) is 144 Å². The van der Waals surface area contributed by atoms with Gasteiger partial charge in [0.2, 0.25) is 0 Å². The van der Waals surface area contributed by atoms with Crippen molar-refractivity contribution in [2.45, 2.75) is 71.5 Å². The van der Waals surface area contributed by atoms with Gasteiger partial charge in [0.05, 0.1) is 29.8 Å². The van der Waals surface area contributed by atoms with Crippen LogP contribution in [0.25, 0.3) is 16.8 Å². The highest BCUT2D eigenvalue weighted by Crippen LogP contribution is 2.47. The van der Waals surface area contributed by atoms with Gasteiger partial charge >= 0.3 is 0 Å². The largest absolute Gasteiger partial charge is 0.491 e. The number of aryl methyl sites for hydroxylation is 1. The summed E-state index contributed by atoms with van der Waals surface area (Å²) in [6, 6.07) is 28.7. The van der Waals surface area contributed by atoms with E-state index in [9.17, 15) is 0 Å². The van der Waals surface area contributed by atoms with E-state index >= 15 is 0 Å². The molecule has 0 amide bonds. The molecule has 4 nitrogen and oxygen atoms in total. The van der Waals surface area contributed by atoms with Crippen molar-refractivity contribution in [1.82, 2.24) is 0 Å². The zero-order chi connectivity index (χ0) is 37.4. The molecule has 1 atom stereocenters. The molecule has 1 aliphatic rings. The number of benzene rings is 4. The minimum Gasteiger partial charge on any atom is -0.491 e. The highest BCUT2D eigenvalue weighted by Gasteiger charge is 2.39. The summed E-state index contributed by atoms with van der Waals surface area (Å²) in [7, 11) is 0. The molecule has 5 rings (SSSR count). The Balaban J connectivity index is 1.58. The van der Waals surface area contributed by atoms with Gasteiger partial charge in [0.25, 0.3) is 0 Å². The number of hydrogen-bond acceptors (Lipinski definition) is 4. The van der Waals surface area contributed by atoms with Crippen molar-refractivity contribution in [2.24, 2.45) is 0 Å². The quantitative estimate of drug-likeness (QED) is 0.0570. The molecule has 0 saturated carbocycles. The SMILES string of the molecule is C=CC=C=CC1=CC(c2ccc(/C=C(\C=C)OCCOC(C)(C)C)c(C)c2)(c2ccc3cc(OCCOC(C)(C)C)ccc3c2)c2ccccc2C1. The van der Waals surface area contributed by atoms with Gasteiger partial charge in [0.1, 0.15) is 24.7 Å². The van der Waals surface area contributed by atoms with Crippen LogP contribution < -0.4 is 4.74 Å². The molecule has 0 spiro atoms. The van der Waals surface area contributed by atoms with Crippen LogP contribution in [0.3, 0.4) is 0 Å². The Morgan fingerprint density at radius 1 is 0.788 bits per heavy atom. The Morgan fingerprint density at radius 3 is 2.17 bits per heavy atom. The minimum atomic E-state index is -0.556. The summed E-state index contributed by atoms with van der Waals surface area (Å²) in [5, 5.41) is 2.27. The molecule has 0 bridgehead atoms. The monoisotopic (exact) mass is 694 g/mol. The van der Waals surface area contributed by atoms with Gasteiger partial charge in [-0.2, -0.15) is 0 Å². The Bertz CT molecular complexity index is 2020. The first-order valence-corrected chi connectivity index (χ1v) is 18.2. The molecule has 0 aromatic heterocycles. The predicted octanol–water partition coefficient (Wildman–Crippen LogP) is 11.4. The molecular weight excluding hydrogens is 641 g/mol. The van der Waals surface area contributed by atoms with E-state index in [-0.39, 0.29) is 11.2 Å². The number of ether oxygens (including phenoxy) is 4. The first-order chi connectivity index (χ1) is 24.8. The van der Waals surface area contributed by atoms with E-state index in [1.807, 2.05) is 26.8 Å². The third kappa shape index (κ3) is 9.72. The summed E-state index contributed by atoms with van der Waals surface area (Å²) in [5.74, 6) is 1.55. The van der Waals surface area contributed by atoms with Crippen LogP contribution in [0.15, 0.2) is 139 Å². The molecule has 270 valence electrons. The lowest BCUT2D eigenvalue weighted by Gasteiger charge is -2.39. The van der Waals surface area contributed by atoms with Crippen molar-refractivity contribution in [3.05, 3.63) is 173 Å². The fourth-order valence-corrected chi connectivity index (χ4v) is 6.62. The van der Waals surface area contributed by atoms with Gasteiger partial charge in [-0.3, -0.25) is 0 Å². The molecule has 4 aromatic rings. The summed E-state index contributed by atoms with van der Waals surface area (Å²) < 4.78 is 23.8. The number of rotatable bonds is 14. The Labute approximate surface area is 311 Å². The number of fused-ring (bicyclic) bond motifs is 2. The Kier molecular flexibility index (Phi) is 12.3. The first kappa shape index (κ1) is 38.4. The lowest BCUT2D eigenvalue weighted by molar-refractivity contribution is -0.0239. The number of hydrogen-bond donors (Lipinski definition) is 0. The molecule has 0 fully saturated rings. The maximum absolute atomic E-state index is 6.07. The van der Waals surface area contributed by atoms with Crippen LogP contribution in [0, 0.1) is 6.92 Å². The topological polar surface area (TPSA) is 36.9 Å². The third-order valence-corrected chi connectivity index (χ3v) is 8.99. The average Bonchev–Trinajstić information content (AvgIpc) is 3.10. The normalized spacial score (nSPS) is 16.0. The van der Waals surface area contributed by atoms with Gasteiger partial charge in [-0.15, -0.1) is 5.73 Å². The Morgan fingerprint density at radius 2 is 1.46 bits per heavy atom. The van der Waals surface area contributed by atoms with Crippen LogP contribution in [-0.4, -0.2) is 37.6 Å². The maximum Gasteiger partial charge on any atom is 0.120 e. The molecule has 52 heavy (non-hydrogen) atoms. The van der Waals surface area contributed by atoms with Gasteiger partial charge in [-0.1, -0.05) is 86.0 Å². The van der Waals surface area contributed by atoms with Crippen molar-refractivity contribution in [1.29, 1.82) is 0 Å². The van der Waals surface area contributed by atoms with Crippen LogP contribution in [-0.2, 0) is 26.0 Å². The van der Waals surface area contributed by atoms with Gasteiger partial charge in [-0.25, -0.2) is 0 Å². The molecule has 0 N–H and O–H groups in total. The van der Waals surface area contributed by atoms with Gasteiger partial charge < -0.3 is 18.9 Å². The van der Waals surface area contributed by atoms with E-state index in [4.69, 9.17) is 18.9 Å². The third-order valence-electron chi connectivity index (χ3n) is 8.99. The highest BCUT2D eigenvalue weighted by atomic mass is 16.5. The lowest BCUT2D eigenvalue weighted by atomic mass is 9.63. The molecule has 1 aliphatic carbocycles. The van der Waals surface area contributed by atoms with Crippen molar-refractivity contribution in [3.8, 4) is 5.75 Å². The van der Waals surface area contributed by atoms with E-state index < -0.39 is 5.41 Å². The summed E-state index contributed by atoms with van der Waals surface area (Å²) in [6.45, 7) is 24.3. The molecule has 0 radical (unpaired) electrons. The lowest BCUT2D eigenvalue weighted by Crippen LogP contribution is -2.31. The summed E-state index contributed by atoms with van der Waals surface area (Å²) in [6.07, 6.45) is 12.8. The molecule has 0 heterocycles. The van der Waals surface area contributed by atoms with Crippen LogP contribution in [0.1, 0.15) is 74.9 Å². The van der Waals surface area contributed by atoms with Gasteiger partial charge in [0, 0.05) is 0 Å². The first-order valence-electron chi connectivity index (χ1n) is 18.2. The smallest absolute Gasteiger partial charge is 0.120 e. The molecule has 4 heteroatoms. The molecule has 0 saturated heterocycles. The average molecular weight is 695 g/mol. The zero-order valence-electron chi connectivity index (χ0n) is 32.1. The van der Waals surface area contributed by atoms with E-state index in [0.29, 0.717) is 32.2 Å². The summed E-state index contributed by atoms with van der Waals surface area (Å²) in [4.78, 5) is 0. The van der Waals surface area contributed by atoms with Crippen LogP contribution in [0.2, 0.25) is 0 Å². The maximum atomic E-state index is 6.07. The van der Waals surface area contributed by atoms with Crippen LogP contribution in [0.5, 0.6) is 5.75 Å². The second kappa shape index (κ2) is 16.7. The van der Waals surface area contributed by atoms with Crippen LogP contribution >= 0.6 is 0 Å². The fourth-order valence-electron chi connectivity index (χ4n) is 6.62. The number of allylic oxidation sites excluding steroid dienone is 5. The minimum absolute atomic E-state index is 0.192. The predicted molar refractivity (Wildman–Crippen MR) is 217 cm³/mol. The van der Waals surface area contributed by atoms with Crippen molar-refractivity contribution in [2.75, 3.05) is 26.4 Å². The van der Waals surface area contributed by atoms with Crippen LogP contribution in [0.4, 0.5) is 0 Å².